The van der Waals surface area contributed by atoms with Crippen molar-refractivity contribution in [3.05, 3.63) is 36.3 Å². The summed E-state index contributed by atoms with van der Waals surface area (Å²) in [5.41, 5.74) is 2.67. The van der Waals surface area contributed by atoms with E-state index in [2.05, 4.69) is 20.4 Å². The minimum absolute atomic E-state index is 0.0581. The summed E-state index contributed by atoms with van der Waals surface area (Å²) in [5.74, 6) is -0.448. The highest BCUT2D eigenvalue weighted by Crippen LogP contribution is 2.61. The van der Waals surface area contributed by atoms with Crippen molar-refractivity contribution in [2.24, 2.45) is 22.7 Å². The van der Waals surface area contributed by atoms with E-state index in [-0.39, 0.29) is 23.7 Å². The highest BCUT2D eigenvalue weighted by molar-refractivity contribution is 5.76. The van der Waals surface area contributed by atoms with E-state index in [1.807, 2.05) is 12.3 Å². The number of ether oxygens (including phenoxy) is 1. The molecule has 1 N–H and O–H groups in total. The maximum Gasteiger partial charge on any atom is 0.306 e. The number of allylic oxidation sites excluding steroid dienone is 1. The monoisotopic (exact) mass is 402 g/mol. The van der Waals surface area contributed by atoms with Gasteiger partial charge < -0.3 is 14.3 Å². The molecule has 1 heterocycles. The van der Waals surface area contributed by atoms with E-state index < -0.39 is 11.9 Å². The lowest BCUT2D eigenvalue weighted by Gasteiger charge is -2.58. The van der Waals surface area contributed by atoms with Gasteiger partial charge in [0.1, 0.15) is 0 Å². The molecular weight excluding hydrogens is 368 g/mol. The van der Waals surface area contributed by atoms with Crippen molar-refractivity contribution >= 4 is 11.9 Å². The third kappa shape index (κ3) is 4.76. The first-order valence-corrected chi connectivity index (χ1v) is 10.8. The first-order chi connectivity index (χ1) is 13.7. The van der Waals surface area contributed by atoms with Gasteiger partial charge in [0.05, 0.1) is 32.0 Å². The van der Waals surface area contributed by atoms with E-state index in [9.17, 15) is 9.59 Å². The van der Waals surface area contributed by atoms with E-state index >= 15 is 0 Å². The maximum atomic E-state index is 12.0. The zero-order chi connectivity index (χ0) is 21.1. The fraction of sp³-hybridized carbons (Fsp3) is 0.667. The van der Waals surface area contributed by atoms with Gasteiger partial charge in [-0.2, -0.15) is 0 Å². The van der Waals surface area contributed by atoms with Crippen molar-refractivity contribution in [1.82, 2.24) is 0 Å². The van der Waals surface area contributed by atoms with Gasteiger partial charge in [0, 0.05) is 5.41 Å². The Morgan fingerprint density at radius 1 is 1.31 bits per heavy atom. The van der Waals surface area contributed by atoms with Crippen LogP contribution in [0.25, 0.3) is 0 Å². The molecule has 1 aromatic heterocycles. The zero-order valence-electron chi connectivity index (χ0n) is 17.7. The number of hydrogen-bond donors (Lipinski definition) is 1. The summed E-state index contributed by atoms with van der Waals surface area (Å²) in [6.07, 6.45) is 10.8. The summed E-state index contributed by atoms with van der Waals surface area (Å²) in [4.78, 5) is 22.7. The molecule has 0 amide bonds. The van der Waals surface area contributed by atoms with Gasteiger partial charge in [0.15, 0.2) is 0 Å². The van der Waals surface area contributed by atoms with E-state index in [4.69, 9.17) is 14.3 Å². The summed E-state index contributed by atoms with van der Waals surface area (Å²) < 4.78 is 10.8. The van der Waals surface area contributed by atoms with Gasteiger partial charge >= 0.3 is 11.9 Å². The molecule has 160 valence electrons. The van der Waals surface area contributed by atoms with E-state index in [1.54, 1.807) is 6.26 Å². The molecule has 1 aromatic rings. The highest BCUT2D eigenvalue weighted by atomic mass is 16.5. The number of carbonyl (C=O) groups is 2. The Labute approximate surface area is 173 Å². The molecule has 5 heteroatoms. The van der Waals surface area contributed by atoms with Crippen LogP contribution in [0.4, 0.5) is 0 Å². The van der Waals surface area contributed by atoms with Crippen LogP contribution in [0.2, 0.25) is 0 Å². The zero-order valence-corrected chi connectivity index (χ0v) is 17.7. The largest absolute Gasteiger partial charge is 0.481 e. The molecule has 2 fully saturated rings. The molecule has 0 bridgehead atoms. The molecule has 4 atom stereocenters. The summed E-state index contributed by atoms with van der Waals surface area (Å²) in [6.45, 7) is 9.47. The van der Waals surface area contributed by atoms with Crippen LogP contribution < -0.4 is 0 Å². The number of carboxylic acid groups (broad SMARTS) is 1. The van der Waals surface area contributed by atoms with E-state index in [0.29, 0.717) is 18.4 Å². The molecule has 0 spiro atoms. The van der Waals surface area contributed by atoms with Crippen LogP contribution >= 0.6 is 0 Å². The number of esters is 1. The van der Waals surface area contributed by atoms with Crippen LogP contribution in [0.5, 0.6) is 0 Å². The van der Waals surface area contributed by atoms with Gasteiger partial charge in [-0.25, -0.2) is 0 Å². The van der Waals surface area contributed by atoms with Crippen molar-refractivity contribution in [3.63, 3.8) is 0 Å². The van der Waals surface area contributed by atoms with Gasteiger partial charge in [-0.15, -0.1) is 0 Å². The molecule has 2 aliphatic rings. The number of carbonyl (C=O) groups excluding carboxylic acids is 1. The third-order valence-corrected chi connectivity index (χ3v) is 7.55. The molecule has 2 aliphatic carbocycles. The van der Waals surface area contributed by atoms with Gasteiger partial charge in [-0.1, -0.05) is 32.4 Å². The average molecular weight is 403 g/mol. The Balaban J connectivity index is 1.69. The van der Waals surface area contributed by atoms with Crippen LogP contribution in [0.15, 0.2) is 35.2 Å². The first-order valence-electron chi connectivity index (χ1n) is 10.8. The van der Waals surface area contributed by atoms with Gasteiger partial charge in [-0.05, 0) is 67.4 Å². The Bertz CT molecular complexity index is 736. The number of aryl methyl sites for hydroxylation is 1. The van der Waals surface area contributed by atoms with Crippen LogP contribution in [0.3, 0.4) is 0 Å². The lowest BCUT2D eigenvalue weighted by molar-refractivity contribution is -0.157. The summed E-state index contributed by atoms with van der Waals surface area (Å²) in [7, 11) is 0. The second kappa shape index (κ2) is 8.76. The molecule has 0 aliphatic heterocycles. The summed E-state index contributed by atoms with van der Waals surface area (Å²) in [5, 5.41) is 8.77. The van der Waals surface area contributed by atoms with Crippen molar-refractivity contribution < 1.29 is 23.8 Å². The van der Waals surface area contributed by atoms with E-state index in [1.165, 1.54) is 17.6 Å². The summed E-state index contributed by atoms with van der Waals surface area (Å²) in [6, 6.07) is 2.03. The van der Waals surface area contributed by atoms with Gasteiger partial charge in [-0.3, -0.25) is 9.59 Å². The molecule has 5 nitrogen and oxygen atoms in total. The fourth-order valence-corrected chi connectivity index (χ4v) is 6.06. The molecule has 29 heavy (non-hydrogen) atoms. The van der Waals surface area contributed by atoms with Crippen LogP contribution in [-0.2, 0) is 20.7 Å². The number of hydrogen-bond acceptors (Lipinski definition) is 4. The number of rotatable bonds is 8. The SMILES string of the molecule is C=C1CCC2C(C)(COC(=O)CCC(=O)O)CCCC2(C)C1CCc1ccoc1. The lowest BCUT2D eigenvalue weighted by Crippen LogP contribution is -2.52. The number of furan rings is 1. The Kier molecular flexibility index (Phi) is 6.55. The molecule has 0 aromatic carbocycles. The Morgan fingerprint density at radius 3 is 2.79 bits per heavy atom. The van der Waals surface area contributed by atoms with Crippen molar-refractivity contribution in [2.75, 3.05) is 6.61 Å². The Hall–Kier alpha value is -2.04. The lowest BCUT2D eigenvalue weighted by atomic mass is 9.47. The molecule has 3 rings (SSSR count). The molecule has 0 saturated heterocycles. The minimum atomic E-state index is -0.968. The Morgan fingerprint density at radius 2 is 2.10 bits per heavy atom. The van der Waals surface area contributed by atoms with Crippen molar-refractivity contribution in [2.45, 2.75) is 71.6 Å². The highest BCUT2D eigenvalue weighted by Gasteiger charge is 2.54. The molecular formula is C24H34O5. The quantitative estimate of drug-likeness (QED) is 0.465. The first kappa shape index (κ1) is 21.7. The van der Waals surface area contributed by atoms with Crippen molar-refractivity contribution in [3.8, 4) is 0 Å². The molecule has 4 unspecified atom stereocenters. The topological polar surface area (TPSA) is 76.7 Å². The van der Waals surface area contributed by atoms with Crippen LogP contribution in [0.1, 0.15) is 70.8 Å². The predicted octanol–water partition coefficient (Wildman–Crippen LogP) is 5.40. The second-order valence-corrected chi connectivity index (χ2v) is 9.54. The fourth-order valence-electron chi connectivity index (χ4n) is 6.06. The van der Waals surface area contributed by atoms with Gasteiger partial charge in [0.25, 0.3) is 0 Å². The van der Waals surface area contributed by atoms with Gasteiger partial charge in [0.2, 0.25) is 0 Å². The van der Waals surface area contributed by atoms with E-state index in [0.717, 1.165) is 38.5 Å². The average Bonchev–Trinajstić information content (AvgIpc) is 3.17. The number of carboxylic acids is 1. The maximum absolute atomic E-state index is 12.0. The summed E-state index contributed by atoms with van der Waals surface area (Å²) >= 11 is 0. The molecule has 0 radical (unpaired) electrons. The third-order valence-electron chi connectivity index (χ3n) is 7.55. The normalized spacial score (nSPS) is 31.9. The number of fused-ring (bicyclic) bond motifs is 1. The number of aliphatic carboxylic acids is 1. The predicted molar refractivity (Wildman–Crippen MR) is 110 cm³/mol. The standard InChI is InChI=1S/C24H34O5/c1-17-5-8-20-23(2,16-29-22(27)10-9-21(25)26)12-4-13-24(20,3)19(17)7-6-18-11-14-28-15-18/h11,14-15,19-20H,1,4-10,12-13,16H2,2-3H3,(H,25,26). The van der Waals surface area contributed by atoms with Crippen LogP contribution in [0, 0.1) is 22.7 Å². The second-order valence-electron chi connectivity index (χ2n) is 9.54. The van der Waals surface area contributed by atoms with Crippen LogP contribution in [-0.4, -0.2) is 23.7 Å². The minimum Gasteiger partial charge on any atom is -0.481 e. The van der Waals surface area contributed by atoms with Crippen molar-refractivity contribution in [1.29, 1.82) is 0 Å². The molecule has 2 saturated carbocycles. The smallest absolute Gasteiger partial charge is 0.306 e.